The lowest BCUT2D eigenvalue weighted by Gasteiger charge is -2.21. The molecule has 0 aromatic heterocycles. The van der Waals surface area contributed by atoms with Gasteiger partial charge in [0.2, 0.25) is 0 Å². The van der Waals surface area contributed by atoms with Crippen LogP contribution in [0.15, 0.2) is 0 Å². The van der Waals surface area contributed by atoms with E-state index in [4.69, 9.17) is 15.9 Å². The Hall–Kier alpha value is -0.610. The molecule has 0 aromatic carbocycles. The Labute approximate surface area is 106 Å². The molecule has 17 heavy (non-hydrogen) atoms. The molecule has 0 aliphatic heterocycles. The Morgan fingerprint density at radius 1 is 1.12 bits per heavy atom. The summed E-state index contributed by atoms with van der Waals surface area (Å²) in [5.74, 6) is 0.276. The summed E-state index contributed by atoms with van der Waals surface area (Å²) in [6.07, 6.45) is 7.17. The second kappa shape index (κ2) is 11.9. The van der Waals surface area contributed by atoms with Crippen molar-refractivity contribution in [1.82, 2.24) is 4.90 Å². The molecular weight excluding hydrogens is 214 g/mol. The molecule has 0 amide bonds. The third-order valence-electron chi connectivity index (χ3n) is 2.89. The first-order chi connectivity index (χ1) is 8.20. The van der Waals surface area contributed by atoms with Crippen molar-refractivity contribution in [3.8, 4) is 0 Å². The maximum absolute atomic E-state index is 7.25. The highest BCUT2D eigenvalue weighted by Gasteiger charge is 2.04. The lowest BCUT2D eigenvalue weighted by atomic mass is 10.1. The SMILES string of the molecule is CCCCCCCN(CCOC)CCC(=N)N. The van der Waals surface area contributed by atoms with Gasteiger partial charge in [-0.2, -0.15) is 0 Å². The molecule has 0 rings (SSSR count). The normalized spacial score (nSPS) is 11.0. The number of methoxy groups -OCH3 is 1. The van der Waals surface area contributed by atoms with Crippen LogP contribution >= 0.6 is 0 Å². The monoisotopic (exact) mass is 243 g/mol. The number of hydrogen-bond acceptors (Lipinski definition) is 3. The number of rotatable bonds is 12. The van der Waals surface area contributed by atoms with Gasteiger partial charge in [0.15, 0.2) is 0 Å². The van der Waals surface area contributed by atoms with E-state index in [9.17, 15) is 0 Å². The quantitative estimate of drug-likeness (QED) is 0.314. The van der Waals surface area contributed by atoms with Gasteiger partial charge in [0.25, 0.3) is 0 Å². The lowest BCUT2D eigenvalue weighted by Crippen LogP contribution is -2.31. The molecule has 0 radical (unpaired) electrons. The molecule has 0 aliphatic rings. The molecule has 0 atom stereocenters. The van der Waals surface area contributed by atoms with Crippen molar-refractivity contribution in [2.45, 2.75) is 45.4 Å². The first kappa shape index (κ1) is 16.4. The fraction of sp³-hybridized carbons (Fsp3) is 0.923. The number of nitrogens with zero attached hydrogens (tertiary/aromatic N) is 1. The van der Waals surface area contributed by atoms with Crippen molar-refractivity contribution >= 4 is 5.84 Å². The first-order valence-corrected chi connectivity index (χ1v) is 6.74. The average Bonchev–Trinajstić information content (AvgIpc) is 2.31. The van der Waals surface area contributed by atoms with Crippen LogP contribution in [0.4, 0.5) is 0 Å². The van der Waals surface area contributed by atoms with Gasteiger partial charge in [0.05, 0.1) is 12.4 Å². The van der Waals surface area contributed by atoms with E-state index in [1.807, 2.05) is 0 Å². The highest BCUT2D eigenvalue weighted by molar-refractivity contribution is 5.76. The minimum atomic E-state index is 0.276. The van der Waals surface area contributed by atoms with Crippen LogP contribution in [-0.4, -0.2) is 44.1 Å². The third kappa shape index (κ3) is 11.6. The van der Waals surface area contributed by atoms with Crippen LogP contribution in [0.5, 0.6) is 0 Å². The number of hydrogen-bond donors (Lipinski definition) is 2. The predicted molar refractivity (Wildman–Crippen MR) is 73.6 cm³/mol. The maximum atomic E-state index is 7.25. The average molecular weight is 243 g/mol. The number of amidine groups is 1. The molecule has 0 aromatic rings. The molecule has 102 valence electrons. The lowest BCUT2D eigenvalue weighted by molar-refractivity contribution is 0.148. The van der Waals surface area contributed by atoms with E-state index >= 15 is 0 Å². The molecule has 4 nitrogen and oxygen atoms in total. The summed E-state index contributed by atoms with van der Waals surface area (Å²) >= 11 is 0. The Balaban J connectivity index is 3.64. The van der Waals surface area contributed by atoms with E-state index in [1.165, 1.54) is 32.1 Å². The number of nitrogens with two attached hydrogens (primary N) is 1. The second-order valence-corrected chi connectivity index (χ2v) is 4.52. The summed E-state index contributed by atoms with van der Waals surface area (Å²) in [5, 5.41) is 7.25. The van der Waals surface area contributed by atoms with Crippen LogP contribution < -0.4 is 5.73 Å². The number of ether oxygens (including phenoxy) is 1. The van der Waals surface area contributed by atoms with Crippen LogP contribution in [-0.2, 0) is 4.74 Å². The van der Waals surface area contributed by atoms with Gasteiger partial charge < -0.3 is 15.4 Å². The molecule has 0 bridgehead atoms. The molecule has 0 fully saturated rings. The van der Waals surface area contributed by atoms with Gasteiger partial charge in [-0.1, -0.05) is 32.6 Å². The van der Waals surface area contributed by atoms with E-state index in [0.717, 1.165) is 26.2 Å². The van der Waals surface area contributed by atoms with Gasteiger partial charge in [-0.3, -0.25) is 5.41 Å². The van der Waals surface area contributed by atoms with Crippen LogP contribution in [0, 0.1) is 5.41 Å². The summed E-state index contributed by atoms with van der Waals surface area (Å²) in [5.41, 5.74) is 5.39. The minimum Gasteiger partial charge on any atom is -0.388 e. The van der Waals surface area contributed by atoms with Gasteiger partial charge in [0, 0.05) is 26.6 Å². The highest BCUT2D eigenvalue weighted by atomic mass is 16.5. The zero-order valence-electron chi connectivity index (χ0n) is 11.5. The van der Waals surface area contributed by atoms with Gasteiger partial charge in [0.1, 0.15) is 0 Å². The fourth-order valence-electron chi connectivity index (χ4n) is 1.77. The molecule has 0 aliphatic carbocycles. The Morgan fingerprint density at radius 2 is 1.82 bits per heavy atom. The van der Waals surface area contributed by atoms with Gasteiger partial charge in [-0.05, 0) is 13.0 Å². The van der Waals surface area contributed by atoms with Crippen molar-refractivity contribution in [2.75, 3.05) is 33.4 Å². The molecule has 3 N–H and O–H groups in total. The molecular formula is C13H29N3O. The molecule has 4 heteroatoms. The number of nitrogens with one attached hydrogen (secondary N) is 1. The standard InChI is InChI=1S/C13H29N3O/c1-3-4-5-6-7-9-16(11-12-17-2)10-8-13(14)15/h3-12H2,1-2H3,(H3,14,15). The minimum absolute atomic E-state index is 0.276. The largest absolute Gasteiger partial charge is 0.388 e. The van der Waals surface area contributed by atoms with E-state index in [2.05, 4.69) is 11.8 Å². The van der Waals surface area contributed by atoms with Gasteiger partial charge in [-0.25, -0.2) is 0 Å². The Bertz CT molecular complexity index is 186. The molecule has 0 spiro atoms. The zero-order valence-corrected chi connectivity index (χ0v) is 11.5. The zero-order chi connectivity index (χ0) is 12.9. The topological polar surface area (TPSA) is 62.3 Å². The van der Waals surface area contributed by atoms with Crippen molar-refractivity contribution in [2.24, 2.45) is 5.73 Å². The van der Waals surface area contributed by atoms with Crippen LogP contribution in [0.1, 0.15) is 45.4 Å². The van der Waals surface area contributed by atoms with Gasteiger partial charge >= 0.3 is 0 Å². The summed E-state index contributed by atoms with van der Waals surface area (Å²) in [6, 6.07) is 0. The summed E-state index contributed by atoms with van der Waals surface area (Å²) < 4.78 is 5.10. The van der Waals surface area contributed by atoms with Crippen LogP contribution in [0.3, 0.4) is 0 Å². The van der Waals surface area contributed by atoms with Gasteiger partial charge in [-0.15, -0.1) is 0 Å². The van der Waals surface area contributed by atoms with Crippen LogP contribution in [0.2, 0.25) is 0 Å². The number of unbranched alkanes of at least 4 members (excludes halogenated alkanes) is 4. The molecule has 0 saturated heterocycles. The van der Waals surface area contributed by atoms with Crippen LogP contribution in [0.25, 0.3) is 0 Å². The Kier molecular flexibility index (Phi) is 11.4. The van der Waals surface area contributed by atoms with E-state index in [0.29, 0.717) is 6.42 Å². The van der Waals surface area contributed by atoms with E-state index in [-0.39, 0.29) is 5.84 Å². The molecule has 0 saturated carbocycles. The van der Waals surface area contributed by atoms with Crippen molar-refractivity contribution in [3.63, 3.8) is 0 Å². The predicted octanol–water partition coefficient (Wildman–Crippen LogP) is 2.23. The second-order valence-electron chi connectivity index (χ2n) is 4.52. The summed E-state index contributed by atoms with van der Waals surface area (Å²) in [6.45, 7) is 5.91. The smallest absolute Gasteiger partial charge is 0.0918 e. The maximum Gasteiger partial charge on any atom is 0.0918 e. The van der Waals surface area contributed by atoms with Crippen molar-refractivity contribution in [3.05, 3.63) is 0 Å². The van der Waals surface area contributed by atoms with E-state index in [1.54, 1.807) is 7.11 Å². The summed E-state index contributed by atoms with van der Waals surface area (Å²) in [4.78, 5) is 2.34. The van der Waals surface area contributed by atoms with E-state index < -0.39 is 0 Å². The highest BCUT2D eigenvalue weighted by Crippen LogP contribution is 2.04. The Morgan fingerprint density at radius 3 is 2.41 bits per heavy atom. The summed E-state index contributed by atoms with van der Waals surface area (Å²) in [7, 11) is 1.73. The first-order valence-electron chi connectivity index (χ1n) is 6.74. The molecule has 0 heterocycles. The van der Waals surface area contributed by atoms with Crippen molar-refractivity contribution < 1.29 is 4.74 Å². The fourth-order valence-corrected chi connectivity index (χ4v) is 1.77. The van der Waals surface area contributed by atoms with Crippen molar-refractivity contribution in [1.29, 1.82) is 5.41 Å². The molecule has 0 unspecified atom stereocenters. The third-order valence-corrected chi connectivity index (χ3v) is 2.89.